The topological polar surface area (TPSA) is 102 Å². The maximum atomic E-state index is 13.1. The van der Waals surface area contributed by atoms with E-state index in [-0.39, 0.29) is 23.2 Å². The van der Waals surface area contributed by atoms with Crippen LogP contribution in [0.5, 0.6) is 0 Å². The molecule has 188 valence electrons. The number of sulfonamides is 1. The van der Waals surface area contributed by atoms with Gasteiger partial charge >= 0.3 is 6.09 Å². The number of imidazole rings is 1. The number of hydrogen-bond acceptors (Lipinski definition) is 7. The normalized spacial score (nSPS) is 15.7. The minimum atomic E-state index is -3.78. The summed E-state index contributed by atoms with van der Waals surface area (Å²) in [6.07, 6.45) is 3.65. The second-order valence-corrected chi connectivity index (χ2v) is 13.0. The first-order valence-corrected chi connectivity index (χ1v) is 13.8. The van der Waals surface area contributed by atoms with Gasteiger partial charge in [0, 0.05) is 41.2 Å². The molecule has 3 heterocycles. The van der Waals surface area contributed by atoms with Crippen LogP contribution < -0.4 is 0 Å². The van der Waals surface area contributed by atoms with Crippen LogP contribution in [0.3, 0.4) is 0 Å². The first kappa shape index (κ1) is 25.6. The van der Waals surface area contributed by atoms with Gasteiger partial charge in [0.25, 0.3) is 10.0 Å². The SMILES string of the molecule is CC(C)(C)OC(=O)n1cncc1CCCN1CCN(S(=O)(=O)c2cc3ccc(Cl)cc3s2)CC1=O. The Morgan fingerprint density at radius 3 is 2.71 bits per heavy atom. The van der Waals surface area contributed by atoms with E-state index in [1.807, 2.05) is 0 Å². The Morgan fingerprint density at radius 2 is 2.00 bits per heavy atom. The van der Waals surface area contributed by atoms with Crippen LogP contribution in [0.1, 0.15) is 32.9 Å². The molecule has 0 N–H and O–H groups in total. The van der Waals surface area contributed by atoms with Crippen molar-refractivity contribution >= 4 is 55.0 Å². The van der Waals surface area contributed by atoms with Gasteiger partial charge in [-0.25, -0.2) is 22.8 Å². The van der Waals surface area contributed by atoms with Crippen molar-refractivity contribution in [1.29, 1.82) is 0 Å². The second kappa shape index (κ2) is 9.88. The molecule has 3 aromatic rings. The quantitative estimate of drug-likeness (QED) is 0.470. The average Bonchev–Trinajstić information content (AvgIpc) is 3.40. The summed E-state index contributed by atoms with van der Waals surface area (Å²) in [5, 5.41) is 1.34. The Bertz CT molecular complexity index is 1360. The highest BCUT2D eigenvalue weighted by Crippen LogP contribution is 2.33. The number of carbonyl (C=O) groups is 2. The van der Waals surface area contributed by atoms with Crippen LogP contribution in [0, 0.1) is 0 Å². The number of ether oxygens (including phenoxy) is 1. The summed E-state index contributed by atoms with van der Waals surface area (Å²) in [5.41, 5.74) is 0.0753. The number of fused-ring (bicyclic) bond motifs is 1. The fourth-order valence-corrected chi connectivity index (χ4v) is 7.01. The number of halogens is 1. The predicted molar refractivity (Wildman–Crippen MR) is 134 cm³/mol. The molecule has 0 saturated carbocycles. The van der Waals surface area contributed by atoms with Crippen molar-refractivity contribution in [3.8, 4) is 0 Å². The molecular formula is C23H27ClN4O5S2. The number of amides is 1. The van der Waals surface area contributed by atoms with Gasteiger partial charge in [-0.1, -0.05) is 17.7 Å². The number of piperazine rings is 1. The van der Waals surface area contributed by atoms with E-state index in [1.54, 1.807) is 56.1 Å². The largest absolute Gasteiger partial charge is 0.443 e. The van der Waals surface area contributed by atoms with Crippen LogP contribution >= 0.6 is 22.9 Å². The summed E-state index contributed by atoms with van der Waals surface area (Å²) in [7, 11) is -3.78. The monoisotopic (exact) mass is 538 g/mol. The summed E-state index contributed by atoms with van der Waals surface area (Å²) in [5.74, 6) is -0.246. The number of benzene rings is 1. The van der Waals surface area contributed by atoms with Crippen molar-refractivity contribution in [2.24, 2.45) is 0 Å². The van der Waals surface area contributed by atoms with Gasteiger partial charge in [0.2, 0.25) is 5.91 Å². The van der Waals surface area contributed by atoms with Gasteiger partial charge in [0.1, 0.15) is 16.1 Å². The van der Waals surface area contributed by atoms with Gasteiger partial charge in [0.05, 0.1) is 6.54 Å². The fraction of sp³-hybridized carbons (Fsp3) is 0.435. The lowest BCUT2D eigenvalue weighted by atomic mass is 10.2. The lowest BCUT2D eigenvalue weighted by molar-refractivity contribution is -0.134. The molecule has 35 heavy (non-hydrogen) atoms. The lowest BCUT2D eigenvalue weighted by Crippen LogP contribution is -2.52. The van der Waals surface area contributed by atoms with Gasteiger partial charge in [0.15, 0.2) is 0 Å². The van der Waals surface area contributed by atoms with Gasteiger partial charge < -0.3 is 9.64 Å². The number of thiophene rings is 1. The minimum Gasteiger partial charge on any atom is -0.443 e. The van der Waals surface area contributed by atoms with Gasteiger partial charge in [-0.05, 0) is 57.2 Å². The summed E-state index contributed by atoms with van der Waals surface area (Å²) in [4.78, 5) is 30.8. The molecule has 1 amide bonds. The summed E-state index contributed by atoms with van der Waals surface area (Å²) in [6.45, 7) is 6.16. The predicted octanol–water partition coefficient (Wildman–Crippen LogP) is 4.00. The van der Waals surface area contributed by atoms with E-state index < -0.39 is 21.7 Å². The molecule has 0 unspecified atom stereocenters. The Morgan fingerprint density at radius 1 is 1.23 bits per heavy atom. The Kier molecular flexibility index (Phi) is 7.23. The number of aromatic nitrogens is 2. The van der Waals surface area contributed by atoms with Crippen molar-refractivity contribution in [2.45, 2.75) is 43.4 Å². The Balaban J connectivity index is 1.34. The van der Waals surface area contributed by atoms with Crippen molar-refractivity contribution in [3.05, 3.63) is 47.5 Å². The van der Waals surface area contributed by atoms with Crippen LogP contribution in [0.15, 0.2) is 41.0 Å². The van der Waals surface area contributed by atoms with Crippen LogP contribution in [-0.2, 0) is 26.0 Å². The molecule has 9 nitrogen and oxygen atoms in total. The smallest absolute Gasteiger partial charge is 0.420 e. The number of aryl methyl sites for hydroxylation is 1. The van der Waals surface area contributed by atoms with E-state index >= 15 is 0 Å². The minimum absolute atomic E-state index is 0.200. The van der Waals surface area contributed by atoms with Crippen LogP contribution in [-0.4, -0.2) is 71.0 Å². The molecule has 0 bridgehead atoms. The third-order valence-corrected chi connectivity index (χ3v) is 9.13. The number of rotatable bonds is 6. The summed E-state index contributed by atoms with van der Waals surface area (Å²) >= 11 is 7.17. The number of carbonyl (C=O) groups excluding carboxylic acids is 2. The highest BCUT2D eigenvalue weighted by atomic mass is 35.5. The van der Waals surface area contributed by atoms with E-state index in [0.29, 0.717) is 36.6 Å². The zero-order chi connectivity index (χ0) is 25.4. The molecule has 0 spiro atoms. The van der Waals surface area contributed by atoms with Crippen LogP contribution in [0.25, 0.3) is 10.1 Å². The molecule has 4 rings (SSSR count). The molecule has 0 atom stereocenters. The maximum Gasteiger partial charge on any atom is 0.420 e. The van der Waals surface area contributed by atoms with Crippen LogP contribution in [0.2, 0.25) is 5.02 Å². The second-order valence-electron chi connectivity index (χ2n) is 9.31. The summed E-state index contributed by atoms with van der Waals surface area (Å²) < 4.78 is 35.3. The molecule has 1 aromatic carbocycles. The molecule has 0 radical (unpaired) electrons. The van der Waals surface area contributed by atoms with Crippen molar-refractivity contribution in [1.82, 2.24) is 18.8 Å². The van der Waals surface area contributed by atoms with Gasteiger partial charge in [-0.3, -0.25) is 4.79 Å². The first-order chi connectivity index (χ1) is 16.4. The number of nitrogens with zero attached hydrogens (tertiary/aromatic N) is 4. The Labute approximate surface area is 213 Å². The fourth-order valence-electron chi connectivity index (χ4n) is 3.80. The van der Waals surface area contributed by atoms with Crippen molar-refractivity contribution in [2.75, 3.05) is 26.2 Å². The maximum absolute atomic E-state index is 13.1. The standard InChI is InChI=1S/C23H27ClN4O5S2/c1-23(2,3)33-22(30)28-15-25-13-18(28)5-4-8-26-9-10-27(14-20(26)29)35(31,32)21-11-16-6-7-17(24)12-19(16)34-21/h6-7,11-13,15H,4-5,8-10,14H2,1-3H3. The Hall–Kier alpha value is -2.47. The van der Waals surface area contributed by atoms with E-state index in [2.05, 4.69) is 4.98 Å². The highest BCUT2D eigenvalue weighted by Gasteiger charge is 2.33. The summed E-state index contributed by atoms with van der Waals surface area (Å²) in [6, 6.07) is 6.86. The molecule has 1 aliphatic heterocycles. The molecule has 12 heteroatoms. The van der Waals surface area contributed by atoms with Crippen molar-refractivity contribution in [3.63, 3.8) is 0 Å². The molecule has 1 aliphatic rings. The molecule has 1 fully saturated rings. The number of hydrogen-bond donors (Lipinski definition) is 0. The van der Waals surface area contributed by atoms with E-state index in [9.17, 15) is 18.0 Å². The third-order valence-electron chi connectivity index (χ3n) is 5.50. The third kappa shape index (κ3) is 5.85. The van der Waals surface area contributed by atoms with E-state index in [4.69, 9.17) is 16.3 Å². The molecule has 2 aromatic heterocycles. The zero-order valence-electron chi connectivity index (χ0n) is 19.7. The van der Waals surface area contributed by atoms with Crippen molar-refractivity contribution < 1.29 is 22.7 Å². The van der Waals surface area contributed by atoms with Gasteiger partial charge in [-0.15, -0.1) is 11.3 Å². The molecular weight excluding hydrogens is 512 g/mol. The van der Waals surface area contributed by atoms with Crippen LogP contribution in [0.4, 0.5) is 4.79 Å². The molecule has 1 saturated heterocycles. The zero-order valence-corrected chi connectivity index (χ0v) is 22.1. The average molecular weight is 539 g/mol. The van der Waals surface area contributed by atoms with Gasteiger partial charge in [-0.2, -0.15) is 4.31 Å². The lowest BCUT2D eigenvalue weighted by Gasteiger charge is -2.33. The molecule has 0 aliphatic carbocycles. The van der Waals surface area contributed by atoms with E-state index in [0.717, 1.165) is 21.4 Å². The first-order valence-electron chi connectivity index (χ1n) is 11.2. The highest BCUT2D eigenvalue weighted by molar-refractivity contribution is 7.91. The van der Waals surface area contributed by atoms with E-state index in [1.165, 1.54) is 15.2 Å².